The molecule has 1 saturated carbocycles. The van der Waals surface area contributed by atoms with Gasteiger partial charge in [-0.1, -0.05) is 62.2 Å². The molecule has 1 aliphatic rings. The highest BCUT2D eigenvalue weighted by atomic mass is 19.1. The zero-order valence-electron chi connectivity index (χ0n) is 17.8. The Morgan fingerprint density at radius 3 is 2.38 bits per heavy atom. The molecule has 0 aliphatic heterocycles. The van der Waals surface area contributed by atoms with Crippen LogP contribution < -0.4 is 0 Å². The molecule has 0 amide bonds. The molecule has 0 aromatic heterocycles. The molecular formula is C27H35FO. The third-order valence-electron chi connectivity index (χ3n) is 6.16. The van der Waals surface area contributed by atoms with Crippen molar-refractivity contribution in [2.45, 2.75) is 76.7 Å². The van der Waals surface area contributed by atoms with Crippen LogP contribution in [-0.4, -0.2) is 12.7 Å². The van der Waals surface area contributed by atoms with Crippen LogP contribution in [0.4, 0.5) is 4.39 Å². The molecule has 2 aromatic carbocycles. The molecule has 2 aromatic rings. The smallest absolute Gasteiger partial charge is 0.127 e. The number of hydrogen-bond acceptors (Lipinski definition) is 1. The summed E-state index contributed by atoms with van der Waals surface area (Å²) in [4.78, 5) is 0. The van der Waals surface area contributed by atoms with Crippen molar-refractivity contribution in [3.63, 3.8) is 0 Å². The minimum atomic E-state index is -0.120. The molecule has 1 nitrogen and oxygen atoms in total. The van der Waals surface area contributed by atoms with Crippen molar-refractivity contribution in [2.75, 3.05) is 6.61 Å². The van der Waals surface area contributed by atoms with Crippen molar-refractivity contribution in [3.8, 4) is 11.1 Å². The first kappa shape index (κ1) is 21.8. The van der Waals surface area contributed by atoms with Crippen LogP contribution in [0.1, 0.15) is 75.3 Å². The topological polar surface area (TPSA) is 9.23 Å². The Labute approximate surface area is 176 Å². The van der Waals surface area contributed by atoms with Gasteiger partial charge in [-0.05, 0) is 79.2 Å². The molecule has 0 atom stereocenters. The fourth-order valence-corrected chi connectivity index (χ4v) is 4.30. The fraction of sp³-hybridized carbons (Fsp3) is 0.481. The zero-order valence-corrected chi connectivity index (χ0v) is 17.8. The number of allylic oxidation sites excluding steroid dienone is 1. The lowest BCUT2D eigenvalue weighted by atomic mass is 9.82. The van der Waals surface area contributed by atoms with Gasteiger partial charge in [0.2, 0.25) is 0 Å². The van der Waals surface area contributed by atoms with E-state index >= 15 is 0 Å². The first-order chi connectivity index (χ1) is 14.2. The van der Waals surface area contributed by atoms with Gasteiger partial charge in [0.1, 0.15) is 5.82 Å². The summed E-state index contributed by atoms with van der Waals surface area (Å²) >= 11 is 0. The molecule has 0 N–H and O–H groups in total. The molecular weight excluding hydrogens is 359 g/mol. The highest BCUT2D eigenvalue weighted by Crippen LogP contribution is 2.35. The van der Waals surface area contributed by atoms with Crippen LogP contribution in [0.5, 0.6) is 0 Å². The molecule has 0 bridgehead atoms. The molecule has 0 heterocycles. The molecule has 3 rings (SSSR count). The quantitative estimate of drug-likeness (QED) is 0.294. The minimum absolute atomic E-state index is 0.120. The normalized spacial score (nSPS) is 19.2. The van der Waals surface area contributed by atoms with E-state index in [4.69, 9.17) is 4.74 Å². The molecule has 1 aliphatic carbocycles. The number of aryl methyl sites for hydroxylation is 1. The number of hydrogen-bond donors (Lipinski definition) is 0. The first-order valence-corrected chi connectivity index (χ1v) is 11.3. The standard InChI is InChI=1S/C27H35FO/c1-3-5-7-19-29-26-17-15-22(16-18-26)21-9-11-23(12-10-21)25-14-13-24(8-6-4-2)27(28)20-25/h4,9-14,20,22,26H,2-3,5-8,15-19H2,1H3. The monoisotopic (exact) mass is 394 g/mol. The van der Waals surface area contributed by atoms with Gasteiger partial charge < -0.3 is 4.74 Å². The molecule has 29 heavy (non-hydrogen) atoms. The van der Waals surface area contributed by atoms with Gasteiger partial charge in [-0.25, -0.2) is 4.39 Å². The van der Waals surface area contributed by atoms with E-state index in [2.05, 4.69) is 37.8 Å². The van der Waals surface area contributed by atoms with Crippen LogP contribution in [0, 0.1) is 5.82 Å². The van der Waals surface area contributed by atoms with Gasteiger partial charge >= 0.3 is 0 Å². The van der Waals surface area contributed by atoms with Gasteiger partial charge in [0.25, 0.3) is 0 Å². The largest absolute Gasteiger partial charge is 0.378 e. The molecule has 0 saturated heterocycles. The van der Waals surface area contributed by atoms with E-state index in [0.29, 0.717) is 18.4 Å². The number of ether oxygens (including phenoxy) is 1. The van der Waals surface area contributed by atoms with Gasteiger partial charge in [0.05, 0.1) is 6.10 Å². The highest BCUT2D eigenvalue weighted by molar-refractivity contribution is 5.64. The number of halogens is 1. The Balaban J connectivity index is 1.54. The van der Waals surface area contributed by atoms with Crippen LogP contribution >= 0.6 is 0 Å². The third-order valence-corrected chi connectivity index (χ3v) is 6.16. The number of unbranched alkanes of at least 4 members (excludes halogenated alkanes) is 2. The van der Waals surface area contributed by atoms with Gasteiger partial charge in [-0.3, -0.25) is 0 Å². The van der Waals surface area contributed by atoms with E-state index in [1.54, 1.807) is 6.07 Å². The van der Waals surface area contributed by atoms with E-state index in [0.717, 1.165) is 42.6 Å². The van der Waals surface area contributed by atoms with Gasteiger partial charge in [0.15, 0.2) is 0 Å². The predicted molar refractivity (Wildman–Crippen MR) is 121 cm³/mol. The van der Waals surface area contributed by atoms with Gasteiger partial charge in [0, 0.05) is 6.61 Å². The number of benzene rings is 2. The molecule has 1 fully saturated rings. The molecule has 0 spiro atoms. The minimum Gasteiger partial charge on any atom is -0.378 e. The lowest BCUT2D eigenvalue weighted by Crippen LogP contribution is -2.21. The van der Waals surface area contributed by atoms with Crippen LogP contribution in [-0.2, 0) is 11.2 Å². The Kier molecular flexibility index (Phi) is 8.49. The summed E-state index contributed by atoms with van der Waals surface area (Å²) in [6.07, 6.45) is 12.2. The van der Waals surface area contributed by atoms with E-state index in [1.807, 2.05) is 18.2 Å². The summed E-state index contributed by atoms with van der Waals surface area (Å²) in [7, 11) is 0. The second-order valence-electron chi connectivity index (χ2n) is 8.31. The highest BCUT2D eigenvalue weighted by Gasteiger charge is 2.22. The molecule has 156 valence electrons. The molecule has 0 unspecified atom stereocenters. The summed E-state index contributed by atoms with van der Waals surface area (Å²) in [5.74, 6) is 0.503. The van der Waals surface area contributed by atoms with Crippen LogP contribution in [0.15, 0.2) is 55.1 Å². The maximum Gasteiger partial charge on any atom is 0.127 e. The summed E-state index contributed by atoms with van der Waals surface area (Å²) in [5.41, 5.74) is 4.19. The lowest BCUT2D eigenvalue weighted by molar-refractivity contribution is 0.0227. The zero-order chi connectivity index (χ0) is 20.5. The average Bonchev–Trinajstić information content (AvgIpc) is 2.76. The van der Waals surface area contributed by atoms with Gasteiger partial charge in [-0.15, -0.1) is 6.58 Å². The van der Waals surface area contributed by atoms with E-state index in [9.17, 15) is 4.39 Å². The van der Waals surface area contributed by atoms with Gasteiger partial charge in [-0.2, -0.15) is 0 Å². The summed E-state index contributed by atoms with van der Waals surface area (Å²) in [6, 6.07) is 14.3. The first-order valence-electron chi connectivity index (χ1n) is 11.3. The third kappa shape index (κ3) is 6.27. The van der Waals surface area contributed by atoms with Crippen molar-refractivity contribution in [1.29, 1.82) is 0 Å². The van der Waals surface area contributed by atoms with E-state index < -0.39 is 0 Å². The maximum atomic E-state index is 14.4. The Morgan fingerprint density at radius 2 is 1.72 bits per heavy atom. The predicted octanol–water partition coefficient (Wildman–Crippen LogP) is 7.84. The summed E-state index contributed by atoms with van der Waals surface area (Å²) in [6.45, 7) is 6.86. The number of rotatable bonds is 10. The van der Waals surface area contributed by atoms with Crippen molar-refractivity contribution in [3.05, 3.63) is 72.1 Å². The van der Waals surface area contributed by atoms with Crippen molar-refractivity contribution >= 4 is 0 Å². The Bertz CT molecular complexity index is 757. The lowest BCUT2D eigenvalue weighted by Gasteiger charge is -2.29. The average molecular weight is 395 g/mol. The van der Waals surface area contributed by atoms with E-state index in [-0.39, 0.29) is 5.82 Å². The Hall–Kier alpha value is -1.93. The SMILES string of the molecule is C=CCCc1ccc(-c2ccc(C3CCC(OCCCCC)CC3)cc2)cc1F. The second-order valence-corrected chi connectivity index (χ2v) is 8.31. The summed E-state index contributed by atoms with van der Waals surface area (Å²) in [5, 5.41) is 0. The molecule has 2 heteroatoms. The van der Waals surface area contributed by atoms with Crippen molar-refractivity contribution in [1.82, 2.24) is 0 Å². The molecule has 0 radical (unpaired) electrons. The second kappa shape index (κ2) is 11.3. The van der Waals surface area contributed by atoms with Crippen LogP contribution in [0.25, 0.3) is 11.1 Å². The van der Waals surface area contributed by atoms with Crippen LogP contribution in [0.3, 0.4) is 0 Å². The van der Waals surface area contributed by atoms with Crippen LogP contribution in [0.2, 0.25) is 0 Å². The van der Waals surface area contributed by atoms with E-state index in [1.165, 1.54) is 37.7 Å². The Morgan fingerprint density at radius 1 is 1.00 bits per heavy atom. The van der Waals surface area contributed by atoms with Crippen molar-refractivity contribution < 1.29 is 9.13 Å². The summed E-state index contributed by atoms with van der Waals surface area (Å²) < 4.78 is 20.4. The maximum absolute atomic E-state index is 14.4. The fourth-order valence-electron chi connectivity index (χ4n) is 4.30. The van der Waals surface area contributed by atoms with Crippen molar-refractivity contribution in [2.24, 2.45) is 0 Å².